The Morgan fingerprint density at radius 1 is 0.974 bits per heavy atom. The highest BCUT2D eigenvalue weighted by Gasteiger charge is 2.27. The fourth-order valence-corrected chi connectivity index (χ4v) is 6.11. The summed E-state index contributed by atoms with van der Waals surface area (Å²) >= 11 is 0. The topological polar surface area (TPSA) is 80.2 Å². The molecule has 0 bridgehead atoms. The van der Waals surface area contributed by atoms with Gasteiger partial charge >= 0.3 is 0 Å². The van der Waals surface area contributed by atoms with E-state index >= 15 is 0 Å². The molecule has 8 heteroatoms. The van der Waals surface area contributed by atoms with Gasteiger partial charge in [0.2, 0.25) is 0 Å². The molecule has 1 aliphatic heterocycles. The van der Waals surface area contributed by atoms with E-state index in [-0.39, 0.29) is 23.7 Å². The van der Waals surface area contributed by atoms with Crippen LogP contribution >= 0.6 is 10.9 Å². The highest BCUT2D eigenvalue weighted by atomic mass is 32.3. The van der Waals surface area contributed by atoms with Crippen molar-refractivity contribution in [2.75, 3.05) is 18.2 Å². The number of allylic oxidation sites excluding steroid dienone is 1. The summed E-state index contributed by atoms with van der Waals surface area (Å²) < 4.78 is 52.2. The molecule has 210 valence electrons. The van der Waals surface area contributed by atoms with Gasteiger partial charge in [0.1, 0.15) is 40.5 Å². The first-order chi connectivity index (χ1) is 18.4. The summed E-state index contributed by atoms with van der Waals surface area (Å²) in [6.45, 7) is 10.4. The number of benzene rings is 3. The first-order valence-electron chi connectivity index (χ1n) is 13.1. The van der Waals surface area contributed by atoms with Gasteiger partial charge in [-0.2, -0.15) is 0 Å². The second-order valence-corrected chi connectivity index (χ2v) is 12.3. The maximum atomic E-state index is 14.0. The van der Waals surface area contributed by atoms with Crippen LogP contribution < -0.4 is 19.0 Å². The zero-order valence-corrected chi connectivity index (χ0v) is 24.2. The minimum Gasteiger partial charge on any atom is -0.496 e. The molecule has 0 saturated carbocycles. The van der Waals surface area contributed by atoms with Crippen molar-refractivity contribution in [1.29, 1.82) is 0 Å². The molecule has 3 aromatic rings. The Morgan fingerprint density at radius 3 is 2.44 bits per heavy atom. The van der Waals surface area contributed by atoms with E-state index in [1.807, 2.05) is 32.0 Å². The molecule has 0 aromatic heterocycles. The quantitative estimate of drug-likeness (QED) is 0.232. The third kappa shape index (κ3) is 6.69. The molecule has 0 unspecified atom stereocenters. The molecule has 3 N–H and O–H groups in total. The zero-order valence-electron chi connectivity index (χ0n) is 23.4. The van der Waals surface area contributed by atoms with Crippen LogP contribution in [-0.2, 0) is 6.61 Å². The maximum Gasteiger partial charge on any atom is 0.144 e. The lowest BCUT2D eigenvalue weighted by Gasteiger charge is -2.33. The van der Waals surface area contributed by atoms with Gasteiger partial charge in [-0.05, 0) is 75.1 Å². The van der Waals surface area contributed by atoms with Gasteiger partial charge in [0.25, 0.3) is 0 Å². The number of hydrogen-bond acceptors (Lipinski definition) is 6. The lowest BCUT2D eigenvalue weighted by Crippen LogP contribution is -2.32. The first-order valence-corrected chi connectivity index (χ1v) is 14.7. The predicted molar refractivity (Wildman–Crippen MR) is 159 cm³/mol. The van der Waals surface area contributed by atoms with Crippen LogP contribution in [0.25, 0.3) is 16.7 Å². The van der Waals surface area contributed by atoms with Crippen LogP contribution in [0.4, 0.5) is 10.1 Å². The molecule has 0 atom stereocenters. The molecular formula is C31H38FNO5S. The van der Waals surface area contributed by atoms with E-state index in [1.54, 1.807) is 25.3 Å². The Balaban J connectivity index is 1.79. The van der Waals surface area contributed by atoms with E-state index in [1.165, 1.54) is 12.1 Å². The molecule has 0 radical (unpaired) electrons. The standard InChI is InChI=1S/C31H38FNO5S/c1-7-8-15-39(34,35)38-23-11-12-25(29(17-23)36-6)24-13-14-27-30(21(3)18-31(4,5)33-27)26(24)19-37-28-16-22(32)10-9-20(28)2/h9-14,16-18,33-35H,7-8,15,19H2,1-6H3. The lowest BCUT2D eigenvalue weighted by atomic mass is 9.85. The van der Waals surface area contributed by atoms with Crippen LogP contribution in [0, 0.1) is 12.7 Å². The number of methoxy groups -OCH3 is 1. The van der Waals surface area contributed by atoms with Crippen molar-refractivity contribution in [2.45, 2.75) is 59.6 Å². The number of fused-ring (bicyclic) bond motifs is 1. The largest absolute Gasteiger partial charge is 0.496 e. The van der Waals surface area contributed by atoms with Gasteiger partial charge in [0.05, 0.1) is 18.4 Å². The minimum atomic E-state index is -3.21. The molecule has 39 heavy (non-hydrogen) atoms. The van der Waals surface area contributed by atoms with Gasteiger partial charge in [0, 0.05) is 34.5 Å². The molecule has 0 saturated heterocycles. The van der Waals surface area contributed by atoms with E-state index in [0.717, 1.165) is 45.5 Å². The van der Waals surface area contributed by atoms with Crippen molar-refractivity contribution < 1.29 is 27.2 Å². The molecule has 1 heterocycles. The van der Waals surface area contributed by atoms with E-state index in [0.29, 0.717) is 23.7 Å². The molecule has 0 spiro atoms. The normalized spacial score (nSPS) is 14.6. The highest BCUT2D eigenvalue weighted by Crippen LogP contribution is 2.46. The fraction of sp³-hybridized carbons (Fsp3) is 0.355. The number of aryl methyl sites for hydroxylation is 1. The number of ether oxygens (including phenoxy) is 2. The summed E-state index contributed by atoms with van der Waals surface area (Å²) in [6, 6.07) is 13.8. The van der Waals surface area contributed by atoms with Crippen molar-refractivity contribution in [3.05, 3.63) is 77.1 Å². The molecule has 6 nitrogen and oxygen atoms in total. The van der Waals surface area contributed by atoms with Crippen LogP contribution in [0.15, 0.2) is 54.6 Å². The van der Waals surface area contributed by atoms with Crippen molar-refractivity contribution in [2.24, 2.45) is 0 Å². The van der Waals surface area contributed by atoms with E-state index in [4.69, 9.17) is 13.7 Å². The molecule has 0 fully saturated rings. The fourth-order valence-electron chi connectivity index (χ4n) is 4.95. The van der Waals surface area contributed by atoms with Crippen LogP contribution in [0.2, 0.25) is 0 Å². The molecule has 1 aliphatic rings. The lowest BCUT2D eigenvalue weighted by molar-refractivity contribution is 0.302. The number of anilines is 1. The van der Waals surface area contributed by atoms with Crippen molar-refractivity contribution in [3.8, 4) is 28.4 Å². The van der Waals surface area contributed by atoms with Gasteiger partial charge in [-0.1, -0.05) is 31.6 Å². The van der Waals surface area contributed by atoms with Gasteiger partial charge in [-0.15, -0.1) is 0 Å². The Kier molecular flexibility index (Phi) is 8.49. The minimum absolute atomic E-state index is 0.175. The summed E-state index contributed by atoms with van der Waals surface area (Å²) in [5, 5.41) is 3.59. The summed E-state index contributed by atoms with van der Waals surface area (Å²) in [7, 11) is -1.64. The summed E-state index contributed by atoms with van der Waals surface area (Å²) in [4.78, 5) is 0. The van der Waals surface area contributed by atoms with Crippen molar-refractivity contribution in [3.63, 3.8) is 0 Å². The Hall–Kier alpha value is -3.20. The number of rotatable bonds is 10. The average Bonchev–Trinajstić information content (AvgIpc) is 2.86. The van der Waals surface area contributed by atoms with E-state index in [2.05, 4.69) is 32.2 Å². The Labute approximate surface area is 232 Å². The van der Waals surface area contributed by atoms with Gasteiger partial charge in [-0.3, -0.25) is 9.11 Å². The third-order valence-electron chi connectivity index (χ3n) is 6.72. The summed E-state index contributed by atoms with van der Waals surface area (Å²) in [5.41, 5.74) is 6.35. The van der Waals surface area contributed by atoms with Crippen molar-refractivity contribution >= 4 is 22.1 Å². The van der Waals surface area contributed by atoms with Crippen LogP contribution in [-0.4, -0.2) is 27.5 Å². The number of unbranched alkanes of at least 4 members (excludes halogenated alkanes) is 1. The van der Waals surface area contributed by atoms with E-state index < -0.39 is 10.9 Å². The summed E-state index contributed by atoms with van der Waals surface area (Å²) in [5.74, 6) is 1.14. The van der Waals surface area contributed by atoms with Gasteiger partial charge in [0.15, 0.2) is 0 Å². The molecule has 4 rings (SSSR count). The Morgan fingerprint density at radius 2 is 1.72 bits per heavy atom. The third-order valence-corrected chi connectivity index (χ3v) is 8.00. The summed E-state index contributed by atoms with van der Waals surface area (Å²) in [6.07, 6.45) is 3.67. The van der Waals surface area contributed by atoms with Crippen molar-refractivity contribution in [1.82, 2.24) is 0 Å². The predicted octanol–water partition coefficient (Wildman–Crippen LogP) is 8.84. The van der Waals surface area contributed by atoms with Crippen LogP contribution in [0.5, 0.6) is 17.2 Å². The second kappa shape index (κ2) is 11.5. The number of halogens is 1. The molecule has 0 amide bonds. The van der Waals surface area contributed by atoms with Gasteiger partial charge in [-0.25, -0.2) is 4.39 Å². The molecular weight excluding hydrogens is 517 g/mol. The van der Waals surface area contributed by atoms with Crippen LogP contribution in [0.3, 0.4) is 0 Å². The molecule has 0 aliphatic carbocycles. The Bertz CT molecular complexity index is 1390. The average molecular weight is 556 g/mol. The maximum absolute atomic E-state index is 14.0. The SMILES string of the molecule is CCCCS(O)(O)Oc1ccc(-c2ccc3c(c2COc2cc(F)ccc2C)C(C)=CC(C)(C)N3)c(OC)c1. The van der Waals surface area contributed by atoms with Gasteiger partial charge < -0.3 is 19.0 Å². The smallest absolute Gasteiger partial charge is 0.144 e. The number of nitrogens with one attached hydrogen (secondary N) is 1. The van der Waals surface area contributed by atoms with E-state index in [9.17, 15) is 13.5 Å². The zero-order chi connectivity index (χ0) is 28.4. The highest BCUT2D eigenvalue weighted by molar-refractivity contribution is 8.20. The monoisotopic (exact) mass is 555 g/mol. The van der Waals surface area contributed by atoms with Crippen LogP contribution in [0.1, 0.15) is 57.2 Å². The second-order valence-electron chi connectivity index (χ2n) is 10.5. The number of hydrogen-bond donors (Lipinski definition) is 3. The first kappa shape index (κ1) is 28.8. The molecule has 3 aromatic carbocycles.